The molecule has 8 rings (SSSR count). The van der Waals surface area contributed by atoms with E-state index in [4.69, 9.17) is 19.2 Å². The summed E-state index contributed by atoms with van der Waals surface area (Å²) in [4.78, 5) is 50.2. The summed E-state index contributed by atoms with van der Waals surface area (Å²) in [6, 6.07) is 22.9. The molecular formula is C45H53N5O8S. The fraction of sp³-hybridized carbons (Fsp3) is 0.467. The molecule has 2 aliphatic carbocycles. The molecule has 3 N–H and O–H groups in total. The van der Waals surface area contributed by atoms with E-state index in [2.05, 4.69) is 15.4 Å². The van der Waals surface area contributed by atoms with Crippen LogP contribution in [0, 0.1) is 5.92 Å². The molecule has 0 bridgehead atoms. The summed E-state index contributed by atoms with van der Waals surface area (Å²) in [7, 11) is -0.765. The van der Waals surface area contributed by atoms with E-state index < -0.39 is 50.3 Å². The van der Waals surface area contributed by atoms with Crippen molar-refractivity contribution >= 4 is 44.3 Å². The first-order valence-corrected chi connectivity index (χ1v) is 22.2. The Kier molecular flexibility index (Phi) is 11.2. The lowest BCUT2D eigenvalue weighted by Crippen LogP contribution is -2.58. The molecule has 5 atom stereocenters. The van der Waals surface area contributed by atoms with E-state index in [9.17, 15) is 22.8 Å². The van der Waals surface area contributed by atoms with Crippen LogP contribution >= 0.6 is 0 Å². The van der Waals surface area contributed by atoms with E-state index in [1.54, 1.807) is 26.0 Å². The van der Waals surface area contributed by atoms with Crippen molar-refractivity contribution in [3.05, 3.63) is 78.9 Å². The van der Waals surface area contributed by atoms with Gasteiger partial charge in [-0.1, -0.05) is 68.5 Å². The van der Waals surface area contributed by atoms with Gasteiger partial charge in [-0.3, -0.25) is 19.1 Å². The Hall–Kier alpha value is -5.37. The summed E-state index contributed by atoms with van der Waals surface area (Å²) in [5, 5.41) is 7.22. The molecule has 14 heteroatoms. The molecule has 2 aliphatic heterocycles. The van der Waals surface area contributed by atoms with Gasteiger partial charge in [-0.25, -0.2) is 13.4 Å². The maximum absolute atomic E-state index is 14.9. The number of ether oxygens (including phenoxy) is 3. The predicted molar refractivity (Wildman–Crippen MR) is 225 cm³/mol. The zero-order valence-electron chi connectivity index (χ0n) is 33.9. The summed E-state index contributed by atoms with van der Waals surface area (Å²) < 4.78 is 45.7. The van der Waals surface area contributed by atoms with Gasteiger partial charge < -0.3 is 29.7 Å². The van der Waals surface area contributed by atoms with E-state index in [0.29, 0.717) is 66.3 Å². The van der Waals surface area contributed by atoms with E-state index in [1.165, 1.54) is 0 Å². The maximum Gasteiger partial charge on any atom is 0.259 e. The molecule has 0 unspecified atom stereocenters. The lowest BCUT2D eigenvalue weighted by molar-refractivity contribution is -0.140. The normalized spacial score (nSPS) is 25.6. The highest BCUT2D eigenvalue weighted by Gasteiger charge is 2.63. The van der Waals surface area contributed by atoms with E-state index >= 15 is 0 Å². The monoisotopic (exact) mass is 823 g/mol. The molecule has 13 nitrogen and oxygen atoms in total. The number of hydrogen-bond donors (Lipinski definition) is 3. The lowest BCUT2D eigenvalue weighted by atomic mass is 10.0. The molecular weight excluding hydrogens is 771 g/mol. The predicted octanol–water partition coefficient (Wildman–Crippen LogP) is 6.37. The summed E-state index contributed by atoms with van der Waals surface area (Å²) in [5.41, 5.74) is 1.55. The maximum atomic E-state index is 14.9. The number of nitrogens with one attached hydrogen (secondary N) is 3. The standard InChI is InChI=1S/C45H53N5O8S/c1-44(21-22-44)59(54,55)49-43(53)45-27-30(45)15-10-5-4-6-11-18-36(46-31-16-12-17-32(23-31)56-2)42(52)50-28-34(25-39(50)41(51)48-45)58-40-26-37(29-13-8-7-9-14-29)47-38-24-33(57-3)19-20-35(38)40/h7-9,12-14,16-17,19-20,23-24,26,30,34,36,39,46H,4-6,10-11,15,18,21-22,25,27-28H2,1-3H3,(H,48,51)(H,49,53)/t30-,34-,36+,39+,45-/m1/s1. The third kappa shape index (κ3) is 8.41. The summed E-state index contributed by atoms with van der Waals surface area (Å²) >= 11 is 0. The number of carbonyl (C=O) groups is 3. The van der Waals surface area contributed by atoms with E-state index in [1.807, 2.05) is 78.9 Å². The summed E-state index contributed by atoms with van der Waals surface area (Å²) in [6.45, 7) is 1.73. The van der Waals surface area contributed by atoms with Crippen LogP contribution in [0.5, 0.6) is 17.2 Å². The van der Waals surface area contributed by atoms with Crippen LogP contribution in [0.4, 0.5) is 5.69 Å². The number of amides is 3. The number of sulfonamides is 1. The molecule has 0 spiro atoms. The third-order valence-corrected chi connectivity index (χ3v) is 14.8. The number of carbonyl (C=O) groups excluding carboxylic acids is 3. The van der Waals surface area contributed by atoms with Crippen LogP contribution < -0.4 is 29.6 Å². The SMILES string of the molecule is COc1cccc(N[C@H]2CCCCCCC[C@@H]3C[C@@]3(C(=O)NS(=O)(=O)C3(C)CC3)NC(=O)[C@@H]3C[C@@H](Oc4cc(-c5ccccc5)nc5cc(OC)ccc45)CN3C2=O)c1. The van der Waals surface area contributed by atoms with Crippen molar-refractivity contribution in [2.45, 2.75) is 106 Å². The number of benzene rings is 3. The Balaban J connectivity index is 1.14. The number of hydrogen-bond acceptors (Lipinski definition) is 10. The molecule has 3 aromatic carbocycles. The first-order valence-electron chi connectivity index (χ1n) is 20.7. The van der Waals surface area contributed by atoms with Gasteiger partial charge in [0.25, 0.3) is 5.91 Å². The second kappa shape index (κ2) is 16.4. The van der Waals surface area contributed by atoms with Gasteiger partial charge in [0.05, 0.1) is 36.7 Å². The lowest BCUT2D eigenvalue weighted by Gasteiger charge is -2.30. The van der Waals surface area contributed by atoms with Gasteiger partial charge in [-0.05, 0) is 69.2 Å². The molecule has 4 aromatic rings. The van der Waals surface area contributed by atoms with Crippen LogP contribution in [-0.4, -0.2) is 85.3 Å². The minimum Gasteiger partial charge on any atom is -0.497 e. The van der Waals surface area contributed by atoms with Gasteiger partial charge in [0, 0.05) is 41.3 Å². The molecule has 2 saturated heterocycles. The Morgan fingerprint density at radius 3 is 2.36 bits per heavy atom. The molecule has 59 heavy (non-hydrogen) atoms. The van der Waals surface area contributed by atoms with Crippen LogP contribution in [0.25, 0.3) is 22.2 Å². The minimum atomic E-state index is -3.95. The highest BCUT2D eigenvalue weighted by atomic mass is 32.2. The Bertz CT molecular complexity index is 2340. The zero-order chi connectivity index (χ0) is 41.4. The van der Waals surface area contributed by atoms with E-state index in [0.717, 1.165) is 43.1 Å². The van der Waals surface area contributed by atoms with Crippen LogP contribution in [0.3, 0.4) is 0 Å². The van der Waals surface area contributed by atoms with Gasteiger partial charge in [0.15, 0.2) is 0 Å². The smallest absolute Gasteiger partial charge is 0.259 e. The average Bonchev–Trinajstić information content (AvgIpc) is 4.12. The molecule has 3 heterocycles. The van der Waals surface area contributed by atoms with Crippen LogP contribution in [-0.2, 0) is 24.4 Å². The van der Waals surface area contributed by atoms with Gasteiger partial charge in [0.1, 0.15) is 41.0 Å². The first-order chi connectivity index (χ1) is 28.4. The number of fused-ring (bicyclic) bond motifs is 3. The number of methoxy groups -OCH3 is 2. The van der Waals surface area contributed by atoms with Crippen LogP contribution in [0.1, 0.15) is 77.6 Å². The van der Waals surface area contributed by atoms with Crippen molar-refractivity contribution in [3.63, 3.8) is 0 Å². The number of pyridine rings is 1. The molecule has 4 aliphatic rings. The van der Waals surface area contributed by atoms with Gasteiger partial charge in [0.2, 0.25) is 21.8 Å². The summed E-state index contributed by atoms with van der Waals surface area (Å²) in [6.07, 6.45) is 6.42. The van der Waals surface area contributed by atoms with Crippen molar-refractivity contribution in [2.24, 2.45) is 5.92 Å². The second-order valence-corrected chi connectivity index (χ2v) is 19.0. The second-order valence-electron chi connectivity index (χ2n) is 16.8. The quantitative estimate of drug-likeness (QED) is 0.164. The molecule has 3 amide bonds. The molecule has 2 saturated carbocycles. The van der Waals surface area contributed by atoms with E-state index in [-0.39, 0.29) is 24.8 Å². The van der Waals surface area contributed by atoms with Crippen LogP contribution in [0.15, 0.2) is 78.9 Å². The number of nitrogens with zero attached hydrogens (tertiary/aromatic N) is 2. The topological polar surface area (TPSA) is 165 Å². The van der Waals surface area contributed by atoms with Gasteiger partial charge in [-0.15, -0.1) is 0 Å². The molecule has 312 valence electrons. The minimum absolute atomic E-state index is 0.100. The van der Waals surface area contributed by atoms with Crippen molar-refractivity contribution in [3.8, 4) is 28.5 Å². The third-order valence-electron chi connectivity index (χ3n) is 12.6. The Labute approximate surface area is 345 Å². The van der Waals surface area contributed by atoms with Crippen molar-refractivity contribution < 1.29 is 37.0 Å². The van der Waals surface area contributed by atoms with Crippen molar-refractivity contribution in [1.82, 2.24) is 19.9 Å². The largest absolute Gasteiger partial charge is 0.497 e. The van der Waals surface area contributed by atoms with Gasteiger partial charge >= 0.3 is 0 Å². The fourth-order valence-corrected chi connectivity index (χ4v) is 9.92. The molecule has 1 aromatic heterocycles. The number of aromatic nitrogens is 1. The number of anilines is 1. The average molecular weight is 824 g/mol. The highest BCUT2D eigenvalue weighted by Crippen LogP contribution is 2.49. The van der Waals surface area contributed by atoms with Crippen molar-refractivity contribution in [2.75, 3.05) is 26.1 Å². The Morgan fingerprint density at radius 1 is 0.881 bits per heavy atom. The summed E-state index contributed by atoms with van der Waals surface area (Å²) in [5.74, 6) is 0.112. The van der Waals surface area contributed by atoms with Crippen molar-refractivity contribution in [1.29, 1.82) is 0 Å². The first kappa shape index (κ1) is 40.4. The highest BCUT2D eigenvalue weighted by molar-refractivity contribution is 7.91. The van der Waals surface area contributed by atoms with Gasteiger partial charge in [-0.2, -0.15) is 0 Å². The number of rotatable bonds is 10. The molecule has 0 radical (unpaired) electrons. The fourth-order valence-electron chi connectivity index (χ4n) is 8.60. The van der Waals surface area contributed by atoms with Crippen LogP contribution in [0.2, 0.25) is 0 Å². The molecule has 4 fully saturated rings. The zero-order valence-corrected chi connectivity index (χ0v) is 34.7. The Morgan fingerprint density at radius 2 is 1.61 bits per heavy atom.